The summed E-state index contributed by atoms with van der Waals surface area (Å²) >= 11 is 0. The van der Waals surface area contributed by atoms with Crippen LogP contribution in [-0.4, -0.2) is 0 Å². The number of hydrogen-bond donors (Lipinski definition) is 1. The van der Waals surface area contributed by atoms with Crippen molar-refractivity contribution in [3.63, 3.8) is 0 Å². The van der Waals surface area contributed by atoms with Gasteiger partial charge in [0.15, 0.2) is 0 Å². The molecule has 0 aliphatic carbocycles. The Kier molecular flexibility index (Phi) is 4.81. The highest BCUT2D eigenvalue weighted by Gasteiger charge is 2.30. The fourth-order valence-corrected chi connectivity index (χ4v) is 2.02. The summed E-state index contributed by atoms with van der Waals surface area (Å²) in [6, 6.07) is 7.57. The Bertz CT molecular complexity index is 634. The lowest BCUT2D eigenvalue weighted by atomic mass is 10.1. The molecule has 0 heterocycles. The minimum Gasteiger partial charge on any atom is -0.306 e. The lowest BCUT2D eigenvalue weighted by Gasteiger charge is -2.16. The molecule has 0 bridgehead atoms. The van der Waals surface area contributed by atoms with Gasteiger partial charge >= 0.3 is 6.18 Å². The van der Waals surface area contributed by atoms with Crippen molar-refractivity contribution >= 4 is 0 Å². The number of alkyl halides is 3. The van der Waals surface area contributed by atoms with Gasteiger partial charge in [-0.2, -0.15) is 13.2 Å². The smallest absolute Gasteiger partial charge is 0.306 e. The van der Waals surface area contributed by atoms with Crippen molar-refractivity contribution < 1.29 is 22.0 Å². The number of rotatable bonds is 4. The van der Waals surface area contributed by atoms with Crippen molar-refractivity contribution in [3.05, 3.63) is 70.8 Å². The quantitative estimate of drug-likeness (QED) is 0.797. The van der Waals surface area contributed by atoms with Crippen LogP contribution in [0.3, 0.4) is 0 Å². The van der Waals surface area contributed by atoms with Crippen LogP contribution in [0.2, 0.25) is 0 Å². The Balaban J connectivity index is 2.03. The van der Waals surface area contributed by atoms with E-state index in [-0.39, 0.29) is 18.2 Å². The second-order valence-electron chi connectivity index (χ2n) is 4.96. The van der Waals surface area contributed by atoms with E-state index < -0.39 is 23.4 Å². The van der Waals surface area contributed by atoms with Crippen molar-refractivity contribution in [2.45, 2.75) is 25.7 Å². The third-order valence-corrected chi connectivity index (χ3v) is 3.34. The molecule has 2 aromatic carbocycles. The maximum Gasteiger partial charge on any atom is 0.416 e. The van der Waals surface area contributed by atoms with E-state index in [2.05, 4.69) is 5.32 Å². The largest absolute Gasteiger partial charge is 0.416 e. The van der Waals surface area contributed by atoms with Crippen LogP contribution in [-0.2, 0) is 12.7 Å². The molecule has 0 aromatic heterocycles. The predicted molar refractivity (Wildman–Crippen MR) is 73.1 cm³/mol. The van der Waals surface area contributed by atoms with Crippen LogP contribution in [0.15, 0.2) is 42.5 Å². The van der Waals surface area contributed by atoms with Crippen molar-refractivity contribution in [3.8, 4) is 0 Å². The summed E-state index contributed by atoms with van der Waals surface area (Å²) in [5, 5.41) is 2.95. The van der Waals surface area contributed by atoms with E-state index >= 15 is 0 Å². The molecule has 0 aliphatic heterocycles. The Hall–Kier alpha value is -1.95. The van der Waals surface area contributed by atoms with Gasteiger partial charge in [-0.15, -0.1) is 0 Å². The van der Waals surface area contributed by atoms with Crippen LogP contribution in [0.1, 0.15) is 29.7 Å². The standard InChI is InChI=1S/C16H14F5N/c1-10(11-2-4-13(5-3-11)16(19,20)21)22-9-12-8-14(17)6-7-15(12)18/h2-8,10,22H,9H2,1H3. The van der Waals surface area contributed by atoms with Crippen molar-refractivity contribution in [2.75, 3.05) is 0 Å². The molecule has 2 rings (SSSR count). The SMILES string of the molecule is CC(NCc1cc(F)ccc1F)c1ccc(C(F)(F)F)cc1. The molecular weight excluding hydrogens is 301 g/mol. The van der Waals surface area contributed by atoms with Crippen LogP contribution in [0.4, 0.5) is 22.0 Å². The van der Waals surface area contributed by atoms with Gasteiger partial charge in [-0.3, -0.25) is 0 Å². The summed E-state index contributed by atoms with van der Waals surface area (Å²) in [4.78, 5) is 0. The maximum absolute atomic E-state index is 13.5. The minimum absolute atomic E-state index is 0.0752. The highest BCUT2D eigenvalue weighted by atomic mass is 19.4. The summed E-state index contributed by atoms with van der Waals surface area (Å²) in [5.41, 5.74) is 0.0724. The first-order valence-electron chi connectivity index (χ1n) is 6.62. The molecular formula is C16H14F5N. The highest BCUT2D eigenvalue weighted by Crippen LogP contribution is 2.29. The van der Waals surface area contributed by atoms with E-state index in [1.165, 1.54) is 12.1 Å². The van der Waals surface area contributed by atoms with Gasteiger partial charge in [-0.25, -0.2) is 8.78 Å². The molecule has 1 N–H and O–H groups in total. The lowest BCUT2D eigenvalue weighted by molar-refractivity contribution is -0.137. The number of hydrogen-bond acceptors (Lipinski definition) is 1. The van der Waals surface area contributed by atoms with E-state index in [1.54, 1.807) is 6.92 Å². The van der Waals surface area contributed by atoms with E-state index in [9.17, 15) is 22.0 Å². The molecule has 1 nitrogen and oxygen atoms in total. The zero-order valence-corrected chi connectivity index (χ0v) is 11.7. The molecule has 6 heteroatoms. The second-order valence-corrected chi connectivity index (χ2v) is 4.96. The van der Waals surface area contributed by atoms with E-state index in [4.69, 9.17) is 0 Å². The summed E-state index contributed by atoms with van der Waals surface area (Å²) < 4.78 is 64.0. The molecule has 0 saturated heterocycles. The van der Waals surface area contributed by atoms with Crippen LogP contribution >= 0.6 is 0 Å². The van der Waals surface area contributed by atoms with Gasteiger partial charge in [0.2, 0.25) is 0 Å². The Morgan fingerprint density at radius 3 is 2.23 bits per heavy atom. The zero-order chi connectivity index (χ0) is 16.3. The number of nitrogens with one attached hydrogen (secondary N) is 1. The minimum atomic E-state index is -4.38. The summed E-state index contributed by atoms with van der Waals surface area (Å²) in [6.07, 6.45) is -4.38. The molecule has 118 valence electrons. The Morgan fingerprint density at radius 2 is 1.64 bits per heavy atom. The third kappa shape index (κ3) is 4.04. The van der Waals surface area contributed by atoms with Crippen LogP contribution in [0.25, 0.3) is 0 Å². The summed E-state index contributed by atoms with van der Waals surface area (Å²) in [5.74, 6) is -1.08. The summed E-state index contributed by atoms with van der Waals surface area (Å²) in [6.45, 7) is 1.81. The fourth-order valence-electron chi connectivity index (χ4n) is 2.02. The maximum atomic E-state index is 13.5. The summed E-state index contributed by atoms with van der Waals surface area (Å²) in [7, 11) is 0. The van der Waals surface area contributed by atoms with Crippen LogP contribution in [0.5, 0.6) is 0 Å². The van der Waals surface area contributed by atoms with Gasteiger partial charge in [0.25, 0.3) is 0 Å². The molecule has 0 amide bonds. The van der Waals surface area contributed by atoms with Gasteiger partial charge < -0.3 is 5.32 Å². The number of benzene rings is 2. The molecule has 0 fully saturated rings. The van der Waals surface area contributed by atoms with E-state index in [1.807, 2.05) is 0 Å². The Labute approximate surface area is 124 Å². The first kappa shape index (κ1) is 16.4. The predicted octanol–water partition coefficient (Wildman–Crippen LogP) is 4.83. The molecule has 2 aromatic rings. The monoisotopic (exact) mass is 315 g/mol. The van der Waals surface area contributed by atoms with E-state index in [0.29, 0.717) is 5.56 Å². The molecule has 0 saturated carbocycles. The van der Waals surface area contributed by atoms with Crippen LogP contribution < -0.4 is 5.32 Å². The first-order chi connectivity index (χ1) is 10.3. The average molecular weight is 315 g/mol. The second kappa shape index (κ2) is 6.44. The Morgan fingerprint density at radius 1 is 1.00 bits per heavy atom. The third-order valence-electron chi connectivity index (χ3n) is 3.34. The normalized spacial score (nSPS) is 13.2. The number of halogens is 5. The average Bonchev–Trinajstić information content (AvgIpc) is 2.47. The van der Waals surface area contributed by atoms with Gasteiger partial charge in [0, 0.05) is 18.2 Å². The topological polar surface area (TPSA) is 12.0 Å². The van der Waals surface area contributed by atoms with Gasteiger partial charge in [-0.05, 0) is 42.8 Å². The van der Waals surface area contributed by atoms with Gasteiger partial charge in [-0.1, -0.05) is 12.1 Å². The van der Waals surface area contributed by atoms with Gasteiger partial charge in [0.1, 0.15) is 11.6 Å². The zero-order valence-electron chi connectivity index (χ0n) is 11.7. The molecule has 0 aliphatic rings. The first-order valence-corrected chi connectivity index (χ1v) is 6.62. The van der Waals surface area contributed by atoms with Crippen molar-refractivity contribution in [1.82, 2.24) is 5.32 Å². The molecule has 22 heavy (non-hydrogen) atoms. The molecule has 0 spiro atoms. The van der Waals surface area contributed by atoms with Gasteiger partial charge in [0.05, 0.1) is 5.56 Å². The molecule has 0 radical (unpaired) electrons. The fraction of sp³-hybridized carbons (Fsp3) is 0.250. The van der Waals surface area contributed by atoms with Crippen molar-refractivity contribution in [2.24, 2.45) is 0 Å². The lowest BCUT2D eigenvalue weighted by Crippen LogP contribution is -2.19. The molecule has 1 unspecified atom stereocenters. The van der Waals surface area contributed by atoms with Crippen molar-refractivity contribution in [1.29, 1.82) is 0 Å². The van der Waals surface area contributed by atoms with Crippen LogP contribution in [0, 0.1) is 11.6 Å². The highest BCUT2D eigenvalue weighted by molar-refractivity contribution is 5.27. The molecule has 1 atom stereocenters. The van der Waals surface area contributed by atoms with E-state index in [0.717, 1.165) is 30.3 Å².